The highest BCUT2D eigenvalue weighted by molar-refractivity contribution is 6.18. The molecule has 23 heavy (non-hydrogen) atoms. The van der Waals surface area contributed by atoms with Crippen LogP contribution in [0.5, 0.6) is 0 Å². The maximum Gasteiger partial charge on any atom is 0.322 e. The average Bonchev–Trinajstić information content (AvgIpc) is 2.78. The summed E-state index contributed by atoms with van der Waals surface area (Å²) in [5.74, 6) is 0.826. The number of hydrogen-bond donors (Lipinski definition) is 2. The van der Waals surface area contributed by atoms with E-state index in [0.717, 1.165) is 24.3 Å². The first kappa shape index (κ1) is 17.9. The maximum absolute atomic E-state index is 11.8. The van der Waals surface area contributed by atoms with Crippen LogP contribution >= 0.6 is 23.2 Å². The summed E-state index contributed by atoms with van der Waals surface area (Å²) in [6.07, 6.45) is 1.26. The van der Waals surface area contributed by atoms with Crippen LogP contribution in [-0.4, -0.2) is 42.3 Å². The molecule has 7 heteroatoms. The molecule has 0 aromatic heterocycles. The van der Waals surface area contributed by atoms with E-state index in [2.05, 4.69) is 15.5 Å². The summed E-state index contributed by atoms with van der Waals surface area (Å²) >= 11 is 11.6. The van der Waals surface area contributed by atoms with E-state index in [0.29, 0.717) is 24.6 Å². The number of hydrogen-bond acceptors (Lipinski definition) is 3. The van der Waals surface area contributed by atoms with Crippen LogP contribution in [0.1, 0.15) is 18.9 Å². The first-order chi connectivity index (χ1) is 11.0. The van der Waals surface area contributed by atoms with Crippen molar-refractivity contribution in [3.05, 3.63) is 29.8 Å². The Hall–Kier alpha value is -1.46. The molecule has 1 heterocycles. The van der Waals surface area contributed by atoms with E-state index < -0.39 is 11.6 Å². The van der Waals surface area contributed by atoms with Crippen LogP contribution in [0, 0.1) is 0 Å². The molecule has 1 aliphatic heterocycles. The van der Waals surface area contributed by atoms with Gasteiger partial charge in [0.1, 0.15) is 5.54 Å². The van der Waals surface area contributed by atoms with Crippen molar-refractivity contribution < 1.29 is 9.59 Å². The van der Waals surface area contributed by atoms with Crippen molar-refractivity contribution in [1.29, 1.82) is 0 Å². The van der Waals surface area contributed by atoms with Gasteiger partial charge >= 0.3 is 6.03 Å². The zero-order valence-electron chi connectivity index (χ0n) is 13.1. The Morgan fingerprint density at radius 2 is 1.70 bits per heavy atom. The smallest absolute Gasteiger partial charge is 0.322 e. The maximum atomic E-state index is 11.8. The van der Waals surface area contributed by atoms with E-state index in [1.54, 1.807) is 6.92 Å². The molecule has 1 aromatic rings. The number of nitrogens with one attached hydrogen (secondary N) is 2. The Morgan fingerprint density at radius 1 is 1.09 bits per heavy atom. The Kier molecular flexibility index (Phi) is 6.13. The lowest BCUT2D eigenvalue weighted by molar-refractivity contribution is -0.123. The summed E-state index contributed by atoms with van der Waals surface area (Å²) < 4.78 is 0. The SMILES string of the molecule is C[C@@]1(CCc2ccc(N(CCCl)CCCl)cc2)NC(=O)NC1=O. The first-order valence-corrected chi connectivity index (χ1v) is 8.65. The molecule has 0 saturated carbocycles. The van der Waals surface area contributed by atoms with Crippen molar-refractivity contribution in [2.75, 3.05) is 29.7 Å². The van der Waals surface area contributed by atoms with Crippen LogP contribution in [0.25, 0.3) is 0 Å². The fourth-order valence-corrected chi connectivity index (χ4v) is 3.01. The number of amides is 3. The predicted molar refractivity (Wildman–Crippen MR) is 93.5 cm³/mol. The number of nitrogens with zero attached hydrogens (tertiary/aromatic N) is 1. The van der Waals surface area contributed by atoms with Crippen molar-refractivity contribution in [2.45, 2.75) is 25.3 Å². The van der Waals surface area contributed by atoms with Gasteiger partial charge in [0.05, 0.1) is 0 Å². The number of alkyl halides is 2. The molecule has 126 valence electrons. The van der Waals surface area contributed by atoms with Gasteiger partial charge in [-0.3, -0.25) is 10.1 Å². The van der Waals surface area contributed by atoms with Crippen molar-refractivity contribution >= 4 is 40.8 Å². The van der Waals surface area contributed by atoms with Gasteiger partial charge in [-0.25, -0.2) is 4.79 Å². The number of carbonyl (C=O) groups is 2. The van der Waals surface area contributed by atoms with Crippen LogP contribution in [0.2, 0.25) is 0 Å². The van der Waals surface area contributed by atoms with Gasteiger partial charge in [0.2, 0.25) is 0 Å². The minimum absolute atomic E-state index is 0.269. The van der Waals surface area contributed by atoms with Crippen LogP contribution in [0.3, 0.4) is 0 Å². The number of anilines is 1. The van der Waals surface area contributed by atoms with E-state index in [-0.39, 0.29) is 5.91 Å². The lowest BCUT2D eigenvalue weighted by Crippen LogP contribution is -2.43. The summed E-state index contributed by atoms with van der Waals surface area (Å²) in [4.78, 5) is 25.2. The third kappa shape index (κ3) is 4.52. The molecule has 1 atom stereocenters. The molecule has 1 aliphatic rings. The zero-order valence-corrected chi connectivity index (χ0v) is 14.6. The minimum atomic E-state index is -0.834. The Bertz CT molecular complexity index is 559. The molecule has 2 rings (SSSR count). The highest BCUT2D eigenvalue weighted by atomic mass is 35.5. The number of benzene rings is 1. The molecule has 1 saturated heterocycles. The third-order valence-corrected chi connectivity index (χ3v) is 4.38. The number of halogens is 2. The monoisotopic (exact) mass is 357 g/mol. The van der Waals surface area contributed by atoms with Crippen LogP contribution in [0.15, 0.2) is 24.3 Å². The minimum Gasteiger partial charge on any atom is -0.369 e. The largest absolute Gasteiger partial charge is 0.369 e. The molecular weight excluding hydrogens is 337 g/mol. The molecular formula is C16H21Cl2N3O2. The molecule has 2 N–H and O–H groups in total. The Labute approximate surface area is 146 Å². The predicted octanol–water partition coefficient (Wildman–Crippen LogP) is 2.50. The Balaban J connectivity index is 1.97. The topological polar surface area (TPSA) is 61.4 Å². The lowest BCUT2D eigenvalue weighted by Gasteiger charge is -2.23. The highest BCUT2D eigenvalue weighted by Gasteiger charge is 2.41. The number of carbonyl (C=O) groups excluding carboxylic acids is 2. The van der Waals surface area contributed by atoms with E-state index in [1.807, 2.05) is 24.3 Å². The summed E-state index contributed by atoms with van der Waals surface area (Å²) in [5.41, 5.74) is 1.35. The molecule has 0 unspecified atom stereocenters. The van der Waals surface area contributed by atoms with Crippen molar-refractivity contribution in [2.24, 2.45) is 0 Å². The quantitative estimate of drug-likeness (QED) is 0.555. The average molecular weight is 358 g/mol. The second-order valence-electron chi connectivity index (χ2n) is 5.77. The number of rotatable bonds is 8. The first-order valence-electron chi connectivity index (χ1n) is 7.58. The van der Waals surface area contributed by atoms with Gasteiger partial charge < -0.3 is 10.2 Å². The fourth-order valence-electron chi connectivity index (χ4n) is 2.60. The molecule has 0 radical (unpaired) electrons. The number of imide groups is 1. The molecule has 0 bridgehead atoms. The van der Waals surface area contributed by atoms with E-state index >= 15 is 0 Å². The van der Waals surface area contributed by atoms with E-state index in [4.69, 9.17) is 23.2 Å². The molecule has 1 fully saturated rings. The summed E-state index contributed by atoms with van der Waals surface area (Å²) in [6.45, 7) is 3.24. The van der Waals surface area contributed by atoms with Gasteiger partial charge in [-0.1, -0.05) is 12.1 Å². The number of urea groups is 1. The van der Waals surface area contributed by atoms with Gasteiger partial charge in [0, 0.05) is 30.5 Å². The second kappa shape index (κ2) is 7.88. The molecule has 5 nitrogen and oxygen atoms in total. The van der Waals surface area contributed by atoms with Gasteiger partial charge in [0.25, 0.3) is 5.91 Å². The fraction of sp³-hybridized carbons (Fsp3) is 0.500. The zero-order chi connectivity index (χ0) is 16.9. The molecule has 0 spiro atoms. The van der Waals surface area contributed by atoms with Gasteiger partial charge in [-0.15, -0.1) is 23.2 Å². The van der Waals surface area contributed by atoms with Gasteiger partial charge in [-0.2, -0.15) is 0 Å². The van der Waals surface area contributed by atoms with Crippen molar-refractivity contribution in [1.82, 2.24) is 10.6 Å². The van der Waals surface area contributed by atoms with Crippen LogP contribution in [-0.2, 0) is 11.2 Å². The van der Waals surface area contributed by atoms with Crippen molar-refractivity contribution in [3.8, 4) is 0 Å². The van der Waals surface area contributed by atoms with Gasteiger partial charge in [-0.05, 0) is 37.5 Å². The number of aryl methyl sites for hydroxylation is 1. The normalized spacial score (nSPS) is 20.3. The van der Waals surface area contributed by atoms with E-state index in [9.17, 15) is 9.59 Å². The van der Waals surface area contributed by atoms with Crippen LogP contribution in [0.4, 0.5) is 10.5 Å². The standard InChI is InChI=1S/C16H21Cl2N3O2/c1-16(14(22)19-15(23)20-16)7-6-12-2-4-13(5-3-12)21(10-8-17)11-9-18/h2-5H,6-11H2,1H3,(H2,19,20,22,23)/t16-/m0/s1. The van der Waals surface area contributed by atoms with Crippen molar-refractivity contribution in [3.63, 3.8) is 0 Å². The van der Waals surface area contributed by atoms with Gasteiger partial charge in [0.15, 0.2) is 0 Å². The third-order valence-electron chi connectivity index (χ3n) is 4.04. The highest BCUT2D eigenvalue weighted by Crippen LogP contribution is 2.20. The molecule has 3 amide bonds. The molecule has 1 aromatic carbocycles. The van der Waals surface area contributed by atoms with Crippen LogP contribution < -0.4 is 15.5 Å². The molecule has 0 aliphatic carbocycles. The second-order valence-corrected chi connectivity index (χ2v) is 6.53. The van der Waals surface area contributed by atoms with E-state index in [1.165, 1.54) is 0 Å². The Morgan fingerprint density at radius 3 is 2.17 bits per heavy atom. The summed E-state index contributed by atoms with van der Waals surface area (Å²) in [6, 6.07) is 7.70. The summed E-state index contributed by atoms with van der Waals surface area (Å²) in [5, 5.41) is 4.95. The lowest BCUT2D eigenvalue weighted by atomic mass is 9.93. The summed E-state index contributed by atoms with van der Waals surface area (Å²) in [7, 11) is 0.